The lowest BCUT2D eigenvalue weighted by Crippen LogP contribution is -3.28. The maximum Gasteiger partial charge on any atom is 0.337 e. The molecule has 0 unspecified atom stereocenters. The van der Waals surface area contributed by atoms with E-state index in [2.05, 4.69) is 11.4 Å². The molecule has 28 heavy (non-hydrogen) atoms. The van der Waals surface area contributed by atoms with Crippen molar-refractivity contribution in [3.63, 3.8) is 0 Å². The van der Waals surface area contributed by atoms with Crippen molar-refractivity contribution in [3.05, 3.63) is 50.7 Å². The first kappa shape index (κ1) is 20.8. The number of amides is 1. The number of quaternary nitrogens is 2. The van der Waals surface area contributed by atoms with Crippen LogP contribution in [0.5, 0.6) is 0 Å². The van der Waals surface area contributed by atoms with Crippen LogP contribution in [-0.2, 0) is 16.1 Å². The lowest BCUT2D eigenvalue weighted by Gasteiger charge is -2.29. The summed E-state index contributed by atoms with van der Waals surface area (Å²) in [5.41, 5.74) is 2.01. The van der Waals surface area contributed by atoms with E-state index < -0.39 is 5.97 Å². The van der Waals surface area contributed by atoms with Crippen molar-refractivity contribution in [1.82, 2.24) is 0 Å². The highest BCUT2D eigenvalue weighted by Gasteiger charge is 2.25. The van der Waals surface area contributed by atoms with Gasteiger partial charge in [-0.3, -0.25) is 4.79 Å². The number of thiophene rings is 1. The second-order valence-corrected chi connectivity index (χ2v) is 8.93. The number of benzene rings is 1. The highest BCUT2D eigenvalue weighted by Crippen LogP contribution is 2.20. The quantitative estimate of drug-likeness (QED) is 0.590. The van der Waals surface area contributed by atoms with E-state index in [1.165, 1.54) is 21.8 Å². The minimum absolute atomic E-state index is 0.0337. The van der Waals surface area contributed by atoms with Gasteiger partial charge in [0, 0.05) is 5.69 Å². The monoisotopic (exact) mass is 423 g/mol. The van der Waals surface area contributed by atoms with Crippen molar-refractivity contribution in [3.8, 4) is 0 Å². The van der Waals surface area contributed by atoms with Crippen LogP contribution < -0.4 is 15.1 Å². The highest BCUT2D eigenvalue weighted by atomic mass is 35.5. The Labute approximate surface area is 174 Å². The van der Waals surface area contributed by atoms with Gasteiger partial charge in [-0.2, -0.15) is 0 Å². The van der Waals surface area contributed by atoms with Gasteiger partial charge in [0.15, 0.2) is 6.54 Å². The van der Waals surface area contributed by atoms with Gasteiger partial charge in [0.1, 0.15) is 32.7 Å². The molecule has 1 aliphatic heterocycles. The van der Waals surface area contributed by atoms with Gasteiger partial charge in [0.25, 0.3) is 5.91 Å². The summed E-state index contributed by atoms with van der Waals surface area (Å²) < 4.78 is 5.58. The fourth-order valence-electron chi connectivity index (χ4n) is 3.43. The second kappa shape index (κ2) is 9.52. The predicted octanol–water partition coefficient (Wildman–Crippen LogP) is 0.419. The lowest BCUT2D eigenvalue weighted by atomic mass is 10.1. The van der Waals surface area contributed by atoms with E-state index in [1.54, 1.807) is 23.5 Å². The van der Waals surface area contributed by atoms with Gasteiger partial charge in [-0.05, 0) is 36.8 Å². The SMILES string of the molecule is COC(=O)c1ccc(C)c(NC(=O)C[NH+]2CC[NH+](Cc3ccc(Cl)s3)CC2)c1. The van der Waals surface area contributed by atoms with Crippen LogP contribution in [0, 0.1) is 6.92 Å². The number of anilines is 1. The first-order valence-corrected chi connectivity index (χ1v) is 10.5. The summed E-state index contributed by atoms with van der Waals surface area (Å²) in [7, 11) is 1.35. The Morgan fingerprint density at radius 3 is 2.50 bits per heavy atom. The molecule has 1 aromatic carbocycles. The summed E-state index contributed by atoms with van der Waals surface area (Å²) in [6.07, 6.45) is 0. The Balaban J connectivity index is 1.49. The molecule has 8 heteroatoms. The summed E-state index contributed by atoms with van der Waals surface area (Å²) in [6.45, 7) is 7.33. The van der Waals surface area contributed by atoms with Crippen molar-refractivity contribution < 1.29 is 24.1 Å². The highest BCUT2D eigenvalue weighted by molar-refractivity contribution is 7.16. The number of hydrogen-bond donors (Lipinski definition) is 3. The first-order valence-electron chi connectivity index (χ1n) is 9.34. The number of ether oxygens (including phenoxy) is 1. The molecule has 3 rings (SSSR count). The van der Waals surface area contributed by atoms with E-state index in [0.717, 1.165) is 42.6 Å². The molecular weight excluding hydrogens is 398 g/mol. The topological polar surface area (TPSA) is 64.3 Å². The average Bonchev–Trinajstić information content (AvgIpc) is 3.09. The number of nitrogens with one attached hydrogen (secondary N) is 3. The van der Waals surface area contributed by atoms with Crippen molar-refractivity contribution in [2.24, 2.45) is 0 Å². The number of piperazine rings is 1. The Bertz CT molecular complexity index is 847. The molecule has 0 radical (unpaired) electrons. The van der Waals surface area contributed by atoms with Gasteiger partial charge < -0.3 is 19.9 Å². The number of esters is 1. The summed E-state index contributed by atoms with van der Waals surface area (Å²) in [5.74, 6) is -0.444. The molecule has 0 atom stereocenters. The molecule has 1 aliphatic rings. The van der Waals surface area contributed by atoms with Crippen LogP contribution in [0.25, 0.3) is 0 Å². The fraction of sp³-hybridized carbons (Fsp3) is 0.400. The average molecular weight is 424 g/mol. The molecule has 0 saturated carbocycles. The predicted molar refractivity (Wildman–Crippen MR) is 110 cm³/mol. The molecule has 2 heterocycles. The minimum atomic E-state index is -0.410. The Morgan fingerprint density at radius 1 is 1.14 bits per heavy atom. The largest absolute Gasteiger partial charge is 0.465 e. The smallest absolute Gasteiger partial charge is 0.337 e. The molecule has 0 bridgehead atoms. The minimum Gasteiger partial charge on any atom is -0.465 e. The van der Waals surface area contributed by atoms with Gasteiger partial charge in [0.2, 0.25) is 0 Å². The van der Waals surface area contributed by atoms with E-state index in [4.69, 9.17) is 16.3 Å². The number of carbonyl (C=O) groups excluding carboxylic acids is 2. The van der Waals surface area contributed by atoms with Crippen LogP contribution in [0.15, 0.2) is 30.3 Å². The molecule has 1 amide bonds. The van der Waals surface area contributed by atoms with E-state index in [0.29, 0.717) is 17.8 Å². The maximum absolute atomic E-state index is 12.5. The third kappa shape index (κ3) is 5.54. The van der Waals surface area contributed by atoms with E-state index in [9.17, 15) is 9.59 Å². The zero-order chi connectivity index (χ0) is 20.1. The van der Waals surface area contributed by atoms with Gasteiger partial charge in [-0.25, -0.2) is 4.79 Å². The standard InChI is InChI=1S/C20H24ClN3O3S/c1-14-3-4-15(20(26)27-2)11-17(14)22-19(25)13-24-9-7-23(8-10-24)12-16-5-6-18(21)28-16/h3-6,11H,7-10,12-13H2,1-2H3,(H,22,25)/p+2. The number of hydrogen-bond acceptors (Lipinski definition) is 4. The summed E-state index contributed by atoms with van der Waals surface area (Å²) in [4.78, 5) is 28.3. The third-order valence-electron chi connectivity index (χ3n) is 5.06. The summed E-state index contributed by atoms with van der Waals surface area (Å²) in [6, 6.07) is 9.22. The van der Waals surface area contributed by atoms with E-state index in [1.807, 2.05) is 19.1 Å². The van der Waals surface area contributed by atoms with Crippen molar-refractivity contribution in [2.75, 3.05) is 45.2 Å². The number of aryl methyl sites for hydroxylation is 1. The van der Waals surface area contributed by atoms with E-state index in [-0.39, 0.29) is 5.91 Å². The molecule has 1 saturated heterocycles. The van der Waals surface area contributed by atoms with Gasteiger partial charge in [0.05, 0.1) is 21.9 Å². The molecule has 0 aliphatic carbocycles. The lowest BCUT2D eigenvalue weighted by molar-refractivity contribution is -1.01. The third-order valence-corrected chi connectivity index (χ3v) is 6.29. The normalized spacial score (nSPS) is 19.2. The van der Waals surface area contributed by atoms with Crippen molar-refractivity contribution in [1.29, 1.82) is 0 Å². The molecule has 1 aromatic heterocycles. The fourth-order valence-corrected chi connectivity index (χ4v) is 4.59. The summed E-state index contributed by atoms with van der Waals surface area (Å²) in [5, 5.41) is 2.94. The number of methoxy groups -OCH3 is 1. The maximum atomic E-state index is 12.5. The van der Waals surface area contributed by atoms with Crippen LogP contribution in [-0.4, -0.2) is 51.7 Å². The molecule has 1 fully saturated rings. The Kier molecular flexibility index (Phi) is 7.07. The molecule has 150 valence electrons. The molecule has 3 N–H and O–H groups in total. The molecule has 2 aromatic rings. The number of rotatable bonds is 6. The van der Waals surface area contributed by atoms with Crippen molar-refractivity contribution >= 4 is 40.5 Å². The van der Waals surface area contributed by atoms with Gasteiger partial charge >= 0.3 is 5.97 Å². The molecule has 6 nitrogen and oxygen atoms in total. The van der Waals surface area contributed by atoms with Crippen LogP contribution in [0.4, 0.5) is 5.69 Å². The van der Waals surface area contributed by atoms with Crippen LogP contribution in [0.2, 0.25) is 4.34 Å². The summed E-state index contributed by atoms with van der Waals surface area (Å²) >= 11 is 7.65. The Hall–Kier alpha value is -1.93. The molecule has 0 spiro atoms. The van der Waals surface area contributed by atoms with Crippen LogP contribution in [0.1, 0.15) is 20.8 Å². The van der Waals surface area contributed by atoms with Gasteiger partial charge in [-0.15, -0.1) is 11.3 Å². The van der Waals surface area contributed by atoms with Crippen LogP contribution in [0.3, 0.4) is 0 Å². The second-order valence-electron chi connectivity index (χ2n) is 7.13. The zero-order valence-electron chi connectivity index (χ0n) is 16.1. The number of halogens is 1. The zero-order valence-corrected chi connectivity index (χ0v) is 17.7. The van der Waals surface area contributed by atoms with E-state index >= 15 is 0 Å². The van der Waals surface area contributed by atoms with Crippen molar-refractivity contribution in [2.45, 2.75) is 13.5 Å². The molecular formula is C20H26ClN3O3S+2. The van der Waals surface area contributed by atoms with Crippen LogP contribution >= 0.6 is 22.9 Å². The number of carbonyl (C=O) groups is 2. The van der Waals surface area contributed by atoms with Gasteiger partial charge in [-0.1, -0.05) is 17.7 Å². The first-order chi connectivity index (χ1) is 13.4. The Morgan fingerprint density at radius 2 is 1.86 bits per heavy atom.